The molecule has 1 aromatic rings. The van der Waals surface area contributed by atoms with E-state index in [9.17, 15) is 4.79 Å². The van der Waals surface area contributed by atoms with E-state index in [0.717, 1.165) is 30.7 Å². The van der Waals surface area contributed by atoms with Crippen LogP contribution >= 0.6 is 23.4 Å². The Morgan fingerprint density at radius 2 is 2.00 bits per heavy atom. The molecule has 0 saturated heterocycles. The van der Waals surface area contributed by atoms with Crippen molar-refractivity contribution in [3.8, 4) is 0 Å². The highest BCUT2D eigenvalue weighted by atomic mass is 35.5. The van der Waals surface area contributed by atoms with E-state index in [-0.39, 0.29) is 22.2 Å². The van der Waals surface area contributed by atoms with Gasteiger partial charge >= 0.3 is 0 Å². The molecule has 2 atom stereocenters. The molecular weight excluding hydrogens is 304 g/mol. The van der Waals surface area contributed by atoms with Crippen molar-refractivity contribution in [2.75, 3.05) is 0 Å². The number of carbonyl (C=O) groups is 1. The number of nitrogens with one attached hydrogen (secondary N) is 1. The van der Waals surface area contributed by atoms with Gasteiger partial charge in [-0.3, -0.25) is 4.79 Å². The molecule has 0 bridgehead atoms. The van der Waals surface area contributed by atoms with Gasteiger partial charge in [0.25, 0.3) is 5.91 Å². The van der Waals surface area contributed by atoms with E-state index in [1.807, 2.05) is 12.1 Å². The largest absolute Gasteiger partial charge is 0.303 e. The number of benzene rings is 1. The fraction of sp³-hybridized carbons (Fsp3) is 0.500. The van der Waals surface area contributed by atoms with Crippen LogP contribution in [0.1, 0.15) is 37.7 Å². The zero-order valence-corrected chi connectivity index (χ0v) is 13.2. The van der Waals surface area contributed by atoms with E-state index >= 15 is 0 Å². The highest BCUT2D eigenvalue weighted by Gasteiger charge is 2.57. The first-order valence-electron chi connectivity index (χ1n) is 7.43. The molecule has 5 heteroatoms. The van der Waals surface area contributed by atoms with E-state index in [0.29, 0.717) is 0 Å². The number of hydrogen-bond donors (Lipinski definition) is 1. The standard InChI is InChI=1S/C16H17ClN2OS/c17-12-4-2-11(3-5-12)15(7-1-8-15)19-13-6-9-16(13)14(20)18-10-21-16/h2-5,10,13,19H,1,6-9H2. The average Bonchev–Trinajstić information content (AvgIpc) is 2.82. The third-order valence-electron chi connectivity index (χ3n) is 5.22. The van der Waals surface area contributed by atoms with Crippen molar-refractivity contribution >= 4 is 34.8 Å². The molecule has 3 nitrogen and oxygen atoms in total. The fourth-order valence-electron chi connectivity index (χ4n) is 3.61. The molecule has 1 N–H and O–H groups in total. The summed E-state index contributed by atoms with van der Waals surface area (Å²) in [7, 11) is 0. The van der Waals surface area contributed by atoms with Crippen LogP contribution in [-0.4, -0.2) is 22.2 Å². The molecule has 1 aromatic carbocycles. The molecule has 1 heterocycles. The van der Waals surface area contributed by atoms with Crippen LogP contribution in [0.2, 0.25) is 5.02 Å². The van der Waals surface area contributed by atoms with Crippen LogP contribution in [0.15, 0.2) is 29.3 Å². The third kappa shape index (κ3) is 2.00. The summed E-state index contributed by atoms with van der Waals surface area (Å²) >= 11 is 7.60. The summed E-state index contributed by atoms with van der Waals surface area (Å²) in [4.78, 5) is 16.0. The van der Waals surface area contributed by atoms with E-state index in [1.165, 1.54) is 12.0 Å². The Bertz CT molecular complexity index is 611. The monoisotopic (exact) mass is 320 g/mol. The van der Waals surface area contributed by atoms with Gasteiger partial charge in [0, 0.05) is 16.6 Å². The summed E-state index contributed by atoms with van der Waals surface area (Å²) in [5.41, 5.74) is 3.02. The zero-order valence-electron chi connectivity index (χ0n) is 11.6. The van der Waals surface area contributed by atoms with Crippen molar-refractivity contribution in [1.29, 1.82) is 0 Å². The summed E-state index contributed by atoms with van der Waals surface area (Å²) in [6.07, 6.45) is 5.47. The molecular formula is C16H17ClN2OS. The molecule has 2 aliphatic carbocycles. The molecule has 21 heavy (non-hydrogen) atoms. The van der Waals surface area contributed by atoms with Gasteiger partial charge in [-0.2, -0.15) is 0 Å². The molecule has 2 unspecified atom stereocenters. The zero-order chi connectivity index (χ0) is 14.5. The van der Waals surface area contributed by atoms with Crippen LogP contribution in [0.5, 0.6) is 0 Å². The Balaban J connectivity index is 1.57. The van der Waals surface area contributed by atoms with Crippen LogP contribution in [0, 0.1) is 0 Å². The molecule has 2 saturated carbocycles. The summed E-state index contributed by atoms with van der Waals surface area (Å²) in [5.74, 6) is 0.0434. The molecule has 3 aliphatic rings. The maximum absolute atomic E-state index is 12.1. The molecule has 2 fully saturated rings. The lowest BCUT2D eigenvalue weighted by molar-refractivity contribution is -0.123. The number of aliphatic imine (C=N–C) groups is 1. The number of hydrogen-bond acceptors (Lipinski definition) is 3. The van der Waals surface area contributed by atoms with Gasteiger partial charge in [0.05, 0.1) is 5.55 Å². The Kier molecular flexibility index (Phi) is 3.18. The van der Waals surface area contributed by atoms with Gasteiger partial charge in [-0.25, -0.2) is 4.99 Å². The SMILES string of the molecule is O=C1N=CSC12CCC2NC1(c2ccc(Cl)cc2)CCC1. The average molecular weight is 321 g/mol. The van der Waals surface area contributed by atoms with Gasteiger partial charge in [0.15, 0.2) is 0 Å². The predicted molar refractivity (Wildman–Crippen MR) is 87.0 cm³/mol. The van der Waals surface area contributed by atoms with Crippen LogP contribution in [0.4, 0.5) is 0 Å². The Hall–Kier alpha value is -0.840. The van der Waals surface area contributed by atoms with E-state index < -0.39 is 0 Å². The molecule has 0 radical (unpaired) electrons. The third-order valence-corrected chi connectivity index (χ3v) is 6.76. The predicted octanol–water partition coefficient (Wildman–Crippen LogP) is 3.51. The smallest absolute Gasteiger partial charge is 0.264 e. The number of thioether (sulfide) groups is 1. The Labute approximate surface area is 133 Å². The van der Waals surface area contributed by atoms with Gasteiger partial charge in [0.2, 0.25) is 0 Å². The number of nitrogens with zero attached hydrogens (tertiary/aromatic N) is 1. The molecule has 1 spiro atoms. The number of halogens is 1. The van der Waals surface area contributed by atoms with Gasteiger partial charge in [-0.1, -0.05) is 35.5 Å². The lowest BCUT2D eigenvalue weighted by atomic mass is 9.68. The van der Waals surface area contributed by atoms with Crippen LogP contribution in [0.25, 0.3) is 0 Å². The highest BCUT2D eigenvalue weighted by Crippen LogP contribution is 2.51. The van der Waals surface area contributed by atoms with E-state index in [2.05, 4.69) is 22.4 Å². The van der Waals surface area contributed by atoms with Gasteiger partial charge in [-0.15, -0.1) is 0 Å². The van der Waals surface area contributed by atoms with Crippen LogP contribution in [0.3, 0.4) is 0 Å². The number of rotatable bonds is 3. The van der Waals surface area contributed by atoms with Crippen LogP contribution in [-0.2, 0) is 10.3 Å². The first-order valence-corrected chi connectivity index (χ1v) is 8.69. The lowest BCUT2D eigenvalue weighted by Crippen LogP contribution is -2.65. The maximum Gasteiger partial charge on any atom is 0.264 e. The lowest BCUT2D eigenvalue weighted by Gasteiger charge is -2.53. The Morgan fingerprint density at radius 3 is 2.48 bits per heavy atom. The van der Waals surface area contributed by atoms with Gasteiger partial charge in [0.1, 0.15) is 4.75 Å². The van der Waals surface area contributed by atoms with Gasteiger partial charge < -0.3 is 5.32 Å². The summed E-state index contributed by atoms with van der Waals surface area (Å²) in [6, 6.07) is 8.36. The first kappa shape index (κ1) is 13.8. The van der Waals surface area contributed by atoms with Crippen LogP contribution < -0.4 is 5.32 Å². The highest BCUT2D eigenvalue weighted by molar-refractivity contribution is 8.14. The Morgan fingerprint density at radius 1 is 1.24 bits per heavy atom. The first-order chi connectivity index (χ1) is 10.1. The topological polar surface area (TPSA) is 41.5 Å². The number of carbonyl (C=O) groups excluding carboxylic acids is 1. The fourth-order valence-corrected chi connectivity index (χ4v) is 4.81. The molecule has 1 aliphatic heterocycles. The van der Waals surface area contributed by atoms with Crippen molar-refractivity contribution in [3.05, 3.63) is 34.9 Å². The summed E-state index contributed by atoms with van der Waals surface area (Å²) in [6.45, 7) is 0. The van der Waals surface area contributed by atoms with E-state index in [4.69, 9.17) is 11.6 Å². The number of amides is 1. The second-order valence-corrected chi connectivity index (χ2v) is 7.84. The summed E-state index contributed by atoms with van der Waals surface area (Å²) in [5, 5.41) is 4.57. The maximum atomic E-state index is 12.1. The molecule has 1 amide bonds. The molecule has 4 rings (SSSR count). The van der Waals surface area contributed by atoms with Crippen molar-refractivity contribution in [2.24, 2.45) is 4.99 Å². The minimum absolute atomic E-state index is 0.0199. The second-order valence-electron chi connectivity index (χ2n) is 6.23. The normalized spacial score (nSPS) is 33.0. The van der Waals surface area contributed by atoms with Crippen molar-refractivity contribution < 1.29 is 4.79 Å². The van der Waals surface area contributed by atoms with E-state index in [1.54, 1.807) is 17.3 Å². The van der Waals surface area contributed by atoms with Crippen molar-refractivity contribution in [1.82, 2.24) is 5.32 Å². The molecule has 110 valence electrons. The van der Waals surface area contributed by atoms with Crippen molar-refractivity contribution in [3.63, 3.8) is 0 Å². The van der Waals surface area contributed by atoms with Crippen molar-refractivity contribution in [2.45, 2.75) is 48.4 Å². The second kappa shape index (κ2) is 4.83. The quantitative estimate of drug-likeness (QED) is 0.926. The summed E-state index contributed by atoms with van der Waals surface area (Å²) < 4.78 is -0.324. The minimum Gasteiger partial charge on any atom is -0.303 e. The molecule has 0 aromatic heterocycles. The minimum atomic E-state index is -0.324. The van der Waals surface area contributed by atoms with Gasteiger partial charge in [-0.05, 0) is 49.8 Å².